The van der Waals surface area contributed by atoms with E-state index in [0.29, 0.717) is 0 Å². The Bertz CT molecular complexity index is 2610. The van der Waals surface area contributed by atoms with Gasteiger partial charge in [0.2, 0.25) is 0 Å². The van der Waals surface area contributed by atoms with Crippen molar-refractivity contribution in [3.8, 4) is 67.0 Å². The molecule has 1 heterocycles. The minimum Gasteiger partial charge on any atom is -0.248 e. The third-order valence-corrected chi connectivity index (χ3v) is 10.3. The molecule has 1 aromatic heterocycles. The highest BCUT2D eigenvalue weighted by Crippen LogP contribution is 2.55. The van der Waals surface area contributed by atoms with Crippen LogP contribution in [0.3, 0.4) is 0 Å². The van der Waals surface area contributed by atoms with Crippen LogP contribution in [-0.2, 0) is 0 Å². The summed E-state index contributed by atoms with van der Waals surface area (Å²) in [4.78, 5) is 5.57. The zero-order valence-electron chi connectivity index (χ0n) is 24.9. The van der Waals surface area contributed by atoms with Gasteiger partial charge in [-0.25, -0.2) is 4.98 Å². The highest BCUT2D eigenvalue weighted by atomic mass is 14.7. The summed E-state index contributed by atoms with van der Waals surface area (Å²) < 4.78 is 0. The van der Waals surface area contributed by atoms with E-state index in [1.807, 2.05) is 0 Å². The summed E-state index contributed by atoms with van der Waals surface area (Å²) in [6, 6.07) is 55.6. The Labute approximate surface area is 266 Å². The number of nitrogens with zero attached hydrogens (tertiary/aromatic N) is 1. The molecule has 1 nitrogen and oxygen atoms in total. The molecule has 2 aliphatic rings. The number of hydrogen-bond acceptors (Lipinski definition) is 1. The van der Waals surface area contributed by atoms with Crippen LogP contribution < -0.4 is 0 Å². The number of fused-ring (bicyclic) bond motifs is 10. The van der Waals surface area contributed by atoms with E-state index < -0.39 is 0 Å². The number of hydrogen-bond donors (Lipinski definition) is 0. The van der Waals surface area contributed by atoms with Gasteiger partial charge in [0.15, 0.2) is 0 Å². The van der Waals surface area contributed by atoms with E-state index >= 15 is 0 Å². The zero-order valence-corrected chi connectivity index (χ0v) is 24.9. The molecule has 0 N–H and O–H groups in total. The molecule has 0 atom stereocenters. The first-order chi connectivity index (χ1) is 22.9. The van der Waals surface area contributed by atoms with Gasteiger partial charge in [-0.2, -0.15) is 0 Å². The molecule has 1 heteroatoms. The molecule has 0 aliphatic heterocycles. The molecule has 11 rings (SSSR count). The van der Waals surface area contributed by atoms with Crippen LogP contribution in [-0.4, -0.2) is 4.98 Å². The summed E-state index contributed by atoms with van der Waals surface area (Å²) in [5.41, 5.74) is 15.0. The third-order valence-electron chi connectivity index (χ3n) is 10.3. The topological polar surface area (TPSA) is 12.9 Å². The minimum atomic E-state index is 1.00. The van der Waals surface area contributed by atoms with Crippen LogP contribution in [0.5, 0.6) is 0 Å². The van der Waals surface area contributed by atoms with Crippen LogP contribution in [0.25, 0.3) is 110 Å². The van der Waals surface area contributed by atoms with Gasteiger partial charge in [0.05, 0.1) is 11.4 Å². The van der Waals surface area contributed by atoms with Crippen molar-refractivity contribution in [3.63, 3.8) is 0 Å². The van der Waals surface area contributed by atoms with Crippen molar-refractivity contribution < 1.29 is 0 Å². The normalized spacial score (nSPS) is 12.3. The molecule has 0 fully saturated rings. The molecule has 210 valence electrons. The van der Waals surface area contributed by atoms with Crippen LogP contribution in [0.4, 0.5) is 0 Å². The van der Waals surface area contributed by atoms with E-state index in [2.05, 4.69) is 152 Å². The fourth-order valence-corrected chi connectivity index (χ4v) is 8.60. The zero-order chi connectivity index (χ0) is 29.9. The minimum absolute atomic E-state index is 1.00. The summed E-state index contributed by atoms with van der Waals surface area (Å²) in [6.45, 7) is 0. The molecule has 0 radical (unpaired) electrons. The van der Waals surface area contributed by atoms with E-state index in [-0.39, 0.29) is 0 Å². The second-order valence-corrected chi connectivity index (χ2v) is 12.5. The van der Waals surface area contributed by atoms with E-state index in [9.17, 15) is 0 Å². The highest BCUT2D eigenvalue weighted by molar-refractivity contribution is 6.30. The molecule has 0 spiro atoms. The van der Waals surface area contributed by atoms with Crippen LogP contribution in [0.1, 0.15) is 0 Å². The van der Waals surface area contributed by atoms with Gasteiger partial charge in [-0.15, -0.1) is 0 Å². The van der Waals surface area contributed by atoms with Crippen molar-refractivity contribution in [1.82, 2.24) is 4.98 Å². The SMILES string of the molecule is c1cc(-c2c3ccccc3c3c4c(cccc24)-c2ccccc2-3)nc(-c2c3ccccc3c3c4c(cccc24)-c2ccccc2-3)c1. The predicted octanol–water partition coefficient (Wildman–Crippen LogP) is 12.3. The maximum atomic E-state index is 5.57. The summed E-state index contributed by atoms with van der Waals surface area (Å²) >= 11 is 0. The number of rotatable bonds is 2. The van der Waals surface area contributed by atoms with Crippen molar-refractivity contribution in [2.24, 2.45) is 0 Å². The fraction of sp³-hybridized carbons (Fsp3) is 0. The Balaban J connectivity index is 1.24. The Kier molecular flexibility index (Phi) is 4.63. The average Bonchev–Trinajstić information content (AvgIpc) is 3.64. The van der Waals surface area contributed by atoms with Crippen LogP contribution in [0.2, 0.25) is 0 Å². The van der Waals surface area contributed by atoms with Crippen molar-refractivity contribution in [2.45, 2.75) is 0 Å². The smallest absolute Gasteiger partial charge is 0.0722 e. The summed E-state index contributed by atoms with van der Waals surface area (Å²) in [5, 5.41) is 10.2. The Hall–Kier alpha value is -6.05. The van der Waals surface area contributed by atoms with E-state index in [1.165, 1.54) is 98.7 Å². The lowest BCUT2D eigenvalue weighted by atomic mass is 9.88. The molecule has 0 saturated carbocycles. The summed E-state index contributed by atoms with van der Waals surface area (Å²) in [5.74, 6) is 0. The molecule has 2 aliphatic carbocycles. The standard InChI is InChI=1S/C45H25N/c1-3-14-28-26(12-1)30-20-9-22-36-40(32-16-5-7-18-34(32)42(28)44(30)36)38-24-11-25-39(46-38)41-33-17-6-8-19-35(33)43-29-15-4-2-13-27(29)31-21-10-23-37(41)45(31)43/h1-25H. The second-order valence-electron chi connectivity index (χ2n) is 12.5. The van der Waals surface area contributed by atoms with Crippen molar-refractivity contribution >= 4 is 43.1 Å². The lowest BCUT2D eigenvalue weighted by Crippen LogP contribution is -1.94. The fourth-order valence-electron chi connectivity index (χ4n) is 8.60. The average molecular weight is 580 g/mol. The Morgan fingerprint density at radius 1 is 0.239 bits per heavy atom. The first-order valence-electron chi connectivity index (χ1n) is 16.0. The van der Waals surface area contributed by atoms with Crippen LogP contribution in [0, 0.1) is 0 Å². The second kappa shape index (κ2) is 8.78. The Morgan fingerprint density at radius 2 is 0.565 bits per heavy atom. The van der Waals surface area contributed by atoms with Gasteiger partial charge in [-0.1, -0.05) is 140 Å². The van der Waals surface area contributed by atoms with Gasteiger partial charge < -0.3 is 0 Å². The molecule has 9 aromatic rings. The van der Waals surface area contributed by atoms with Crippen LogP contribution in [0.15, 0.2) is 152 Å². The van der Waals surface area contributed by atoms with Gasteiger partial charge in [-0.05, 0) is 99.7 Å². The van der Waals surface area contributed by atoms with E-state index in [1.54, 1.807) is 0 Å². The molecule has 0 amide bonds. The number of benzene rings is 8. The molecular weight excluding hydrogens is 555 g/mol. The van der Waals surface area contributed by atoms with E-state index in [0.717, 1.165) is 11.4 Å². The third kappa shape index (κ3) is 2.98. The monoisotopic (exact) mass is 579 g/mol. The molecule has 0 unspecified atom stereocenters. The van der Waals surface area contributed by atoms with Crippen molar-refractivity contribution in [3.05, 3.63) is 152 Å². The van der Waals surface area contributed by atoms with Gasteiger partial charge >= 0.3 is 0 Å². The molecular formula is C45H25N. The quantitative estimate of drug-likeness (QED) is 0.186. The maximum absolute atomic E-state index is 5.57. The number of aromatic nitrogens is 1. The summed E-state index contributed by atoms with van der Waals surface area (Å²) in [6.07, 6.45) is 0. The van der Waals surface area contributed by atoms with E-state index in [4.69, 9.17) is 4.98 Å². The lowest BCUT2D eigenvalue weighted by Gasteiger charge is -2.17. The van der Waals surface area contributed by atoms with Gasteiger partial charge in [-0.3, -0.25) is 0 Å². The van der Waals surface area contributed by atoms with Gasteiger partial charge in [0.25, 0.3) is 0 Å². The number of pyridine rings is 1. The Morgan fingerprint density at radius 3 is 1.02 bits per heavy atom. The molecule has 46 heavy (non-hydrogen) atoms. The molecule has 0 saturated heterocycles. The van der Waals surface area contributed by atoms with Crippen molar-refractivity contribution in [2.75, 3.05) is 0 Å². The first-order valence-corrected chi connectivity index (χ1v) is 16.0. The molecule has 0 bridgehead atoms. The largest absolute Gasteiger partial charge is 0.248 e. The maximum Gasteiger partial charge on any atom is 0.0722 e. The summed E-state index contributed by atoms with van der Waals surface area (Å²) in [7, 11) is 0. The molecule has 8 aromatic carbocycles. The highest BCUT2D eigenvalue weighted by Gasteiger charge is 2.28. The predicted molar refractivity (Wildman–Crippen MR) is 194 cm³/mol. The van der Waals surface area contributed by atoms with Crippen molar-refractivity contribution in [1.29, 1.82) is 0 Å². The van der Waals surface area contributed by atoms with Crippen LogP contribution >= 0.6 is 0 Å². The van der Waals surface area contributed by atoms with Gasteiger partial charge in [0, 0.05) is 11.1 Å². The lowest BCUT2D eigenvalue weighted by molar-refractivity contribution is 1.34. The van der Waals surface area contributed by atoms with Gasteiger partial charge in [0.1, 0.15) is 0 Å². The first kappa shape index (κ1) is 24.3.